The van der Waals surface area contributed by atoms with Crippen LogP contribution in [0.1, 0.15) is 6.92 Å². The fourth-order valence-electron chi connectivity index (χ4n) is 1.73. The Morgan fingerprint density at radius 3 is 2.55 bits per heavy atom. The molecule has 0 heterocycles. The van der Waals surface area contributed by atoms with Gasteiger partial charge >= 0.3 is 6.03 Å². The van der Waals surface area contributed by atoms with E-state index in [-0.39, 0.29) is 0 Å². The van der Waals surface area contributed by atoms with Crippen molar-refractivity contribution in [2.45, 2.75) is 13.2 Å². The van der Waals surface area contributed by atoms with Crippen LogP contribution in [0.3, 0.4) is 0 Å². The summed E-state index contributed by atoms with van der Waals surface area (Å²) in [4.78, 5) is 11.8. The molecule has 0 saturated heterocycles. The lowest BCUT2D eigenvalue weighted by atomic mass is 10.2. The number of nitrogens with two attached hydrogens (primary N) is 1. The molecule has 0 aromatic heterocycles. The van der Waals surface area contributed by atoms with Crippen molar-refractivity contribution in [1.29, 1.82) is 0 Å². The highest BCUT2D eigenvalue weighted by Gasteiger charge is 2.09. The maximum atomic E-state index is 11.8. The van der Waals surface area contributed by atoms with Crippen LogP contribution in [0.5, 0.6) is 11.5 Å². The van der Waals surface area contributed by atoms with E-state index in [1.807, 2.05) is 30.3 Å². The minimum atomic E-state index is -0.405. The Morgan fingerprint density at radius 2 is 1.86 bits per heavy atom. The molecule has 22 heavy (non-hydrogen) atoms. The van der Waals surface area contributed by atoms with Crippen LogP contribution in [0.2, 0.25) is 0 Å². The molecular formula is C16H19N3O3. The van der Waals surface area contributed by atoms with Gasteiger partial charge in [0.25, 0.3) is 0 Å². The summed E-state index contributed by atoms with van der Waals surface area (Å²) in [5, 5.41) is 5.27. The number of para-hydroxylation sites is 1. The summed E-state index contributed by atoms with van der Waals surface area (Å²) in [7, 11) is 1.51. The zero-order valence-electron chi connectivity index (χ0n) is 12.5. The number of hydrogen-bond acceptors (Lipinski definition) is 4. The van der Waals surface area contributed by atoms with Crippen molar-refractivity contribution in [3.05, 3.63) is 48.5 Å². The van der Waals surface area contributed by atoms with Gasteiger partial charge in [-0.15, -0.1) is 0 Å². The summed E-state index contributed by atoms with van der Waals surface area (Å²) >= 11 is 0. The van der Waals surface area contributed by atoms with Gasteiger partial charge < -0.3 is 25.8 Å². The summed E-state index contributed by atoms with van der Waals surface area (Å²) in [6.07, 6.45) is -0.398. The number of carbonyl (C=O) groups is 1. The number of ether oxygens (including phenoxy) is 2. The van der Waals surface area contributed by atoms with Gasteiger partial charge in [0.15, 0.2) is 0 Å². The third kappa shape index (κ3) is 4.39. The molecule has 6 heteroatoms. The van der Waals surface area contributed by atoms with Crippen molar-refractivity contribution >= 4 is 17.4 Å². The van der Waals surface area contributed by atoms with E-state index in [0.717, 1.165) is 0 Å². The second kappa shape index (κ2) is 7.33. The molecule has 2 aromatic carbocycles. The molecule has 0 saturated carbocycles. The molecule has 4 N–H and O–H groups in total. The molecule has 0 radical (unpaired) electrons. The van der Waals surface area contributed by atoms with Crippen LogP contribution in [0.4, 0.5) is 16.2 Å². The molecule has 0 aliphatic rings. The zero-order valence-corrected chi connectivity index (χ0v) is 12.5. The minimum absolute atomic E-state index is 0.398. The molecule has 1 atom stereocenters. The molecule has 0 aliphatic heterocycles. The molecule has 0 fully saturated rings. The first-order valence-corrected chi connectivity index (χ1v) is 6.81. The van der Waals surface area contributed by atoms with E-state index in [1.165, 1.54) is 7.11 Å². The van der Waals surface area contributed by atoms with Gasteiger partial charge in [-0.2, -0.15) is 0 Å². The normalized spacial score (nSPS) is 11.5. The second-order valence-electron chi connectivity index (χ2n) is 4.64. The van der Waals surface area contributed by atoms with Crippen LogP contribution < -0.4 is 21.1 Å². The van der Waals surface area contributed by atoms with Gasteiger partial charge in [-0.1, -0.05) is 18.2 Å². The van der Waals surface area contributed by atoms with Crippen molar-refractivity contribution in [2.24, 2.45) is 0 Å². The highest BCUT2D eigenvalue weighted by Crippen LogP contribution is 2.28. The first-order chi connectivity index (χ1) is 10.6. The Kier molecular flexibility index (Phi) is 5.21. The van der Waals surface area contributed by atoms with Crippen LogP contribution in [0.25, 0.3) is 0 Å². The van der Waals surface area contributed by atoms with Crippen molar-refractivity contribution < 1.29 is 14.3 Å². The van der Waals surface area contributed by atoms with Crippen molar-refractivity contribution in [3.8, 4) is 11.5 Å². The van der Waals surface area contributed by atoms with Crippen molar-refractivity contribution in [2.75, 3.05) is 18.2 Å². The lowest BCUT2D eigenvalue weighted by Crippen LogP contribution is -2.37. The van der Waals surface area contributed by atoms with Gasteiger partial charge in [-0.3, -0.25) is 0 Å². The Labute approximate surface area is 129 Å². The molecule has 6 nitrogen and oxygen atoms in total. The van der Waals surface area contributed by atoms with E-state index in [0.29, 0.717) is 22.9 Å². The summed E-state index contributed by atoms with van der Waals surface area (Å²) in [6.45, 7) is 1.72. The highest BCUT2D eigenvalue weighted by molar-refractivity contribution is 5.93. The SMILES string of the molecule is COC(C)NC(=O)Nc1cc(Oc2ccccc2)ccc1N. The topological polar surface area (TPSA) is 85.6 Å². The molecular weight excluding hydrogens is 282 g/mol. The lowest BCUT2D eigenvalue weighted by Gasteiger charge is -2.15. The summed E-state index contributed by atoms with van der Waals surface area (Å²) in [6, 6.07) is 14.0. The van der Waals surface area contributed by atoms with Gasteiger partial charge in [0.05, 0.1) is 11.4 Å². The van der Waals surface area contributed by atoms with E-state index in [4.69, 9.17) is 15.2 Å². The molecule has 0 spiro atoms. The van der Waals surface area contributed by atoms with Crippen LogP contribution in [0.15, 0.2) is 48.5 Å². The van der Waals surface area contributed by atoms with Gasteiger partial charge in [-0.05, 0) is 31.2 Å². The van der Waals surface area contributed by atoms with Crippen LogP contribution in [-0.2, 0) is 4.74 Å². The number of benzene rings is 2. The zero-order chi connectivity index (χ0) is 15.9. The van der Waals surface area contributed by atoms with E-state index in [2.05, 4.69) is 10.6 Å². The smallest absolute Gasteiger partial charge is 0.321 e. The molecule has 2 amide bonds. The van der Waals surface area contributed by atoms with Gasteiger partial charge in [-0.25, -0.2) is 4.79 Å². The predicted molar refractivity (Wildman–Crippen MR) is 86.0 cm³/mol. The maximum Gasteiger partial charge on any atom is 0.321 e. The monoisotopic (exact) mass is 301 g/mol. The van der Waals surface area contributed by atoms with Crippen LogP contribution in [-0.4, -0.2) is 19.4 Å². The number of carbonyl (C=O) groups excluding carboxylic acids is 1. The lowest BCUT2D eigenvalue weighted by molar-refractivity contribution is 0.0984. The average molecular weight is 301 g/mol. The Balaban J connectivity index is 2.08. The Hall–Kier alpha value is -2.73. The quantitative estimate of drug-likeness (QED) is 0.585. The molecule has 116 valence electrons. The number of anilines is 2. The van der Waals surface area contributed by atoms with Crippen molar-refractivity contribution in [3.63, 3.8) is 0 Å². The van der Waals surface area contributed by atoms with Crippen molar-refractivity contribution in [1.82, 2.24) is 5.32 Å². The average Bonchev–Trinajstić information content (AvgIpc) is 2.51. The summed E-state index contributed by atoms with van der Waals surface area (Å²) < 4.78 is 10.7. The van der Waals surface area contributed by atoms with E-state index in [9.17, 15) is 4.79 Å². The third-order valence-electron chi connectivity index (χ3n) is 2.94. The standard InChI is InChI=1S/C16H19N3O3/c1-11(21-2)18-16(20)19-15-10-13(8-9-14(15)17)22-12-6-4-3-5-7-12/h3-11H,17H2,1-2H3,(H2,18,19,20). The largest absolute Gasteiger partial charge is 0.457 e. The number of urea groups is 1. The van der Waals surface area contributed by atoms with Gasteiger partial charge in [0, 0.05) is 13.2 Å². The number of nitrogen functional groups attached to an aromatic ring is 1. The fraction of sp³-hybridized carbons (Fsp3) is 0.188. The van der Waals surface area contributed by atoms with E-state index >= 15 is 0 Å². The molecule has 1 unspecified atom stereocenters. The summed E-state index contributed by atoms with van der Waals surface area (Å²) in [5.41, 5.74) is 6.78. The Morgan fingerprint density at radius 1 is 1.14 bits per heavy atom. The number of rotatable bonds is 5. The highest BCUT2D eigenvalue weighted by atomic mass is 16.5. The number of methoxy groups -OCH3 is 1. The number of hydrogen-bond donors (Lipinski definition) is 3. The van der Waals surface area contributed by atoms with Gasteiger partial charge in [0.1, 0.15) is 17.7 Å². The Bertz CT molecular complexity index is 632. The first kappa shape index (κ1) is 15.7. The van der Waals surface area contributed by atoms with Gasteiger partial charge in [0.2, 0.25) is 0 Å². The van der Waals surface area contributed by atoms with Crippen LogP contribution in [0, 0.1) is 0 Å². The van der Waals surface area contributed by atoms with E-state index in [1.54, 1.807) is 25.1 Å². The maximum absolute atomic E-state index is 11.8. The molecule has 0 bridgehead atoms. The molecule has 2 rings (SSSR count). The van der Waals surface area contributed by atoms with E-state index < -0.39 is 12.3 Å². The number of nitrogens with one attached hydrogen (secondary N) is 2. The van der Waals surface area contributed by atoms with Crippen LogP contribution >= 0.6 is 0 Å². The first-order valence-electron chi connectivity index (χ1n) is 6.81. The predicted octanol–water partition coefficient (Wildman–Crippen LogP) is 3.18. The minimum Gasteiger partial charge on any atom is -0.457 e. The number of amides is 2. The third-order valence-corrected chi connectivity index (χ3v) is 2.94. The fourth-order valence-corrected chi connectivity index (χ4v) is 1.73. The second-order valence-corrected chi connectivity index (χ2v) is 4.64. The molecule has 2 aromatic rings. The molecule has 0 aliphatic carbocycles. The summed E-state index contributed by atoms with van der Waals surface area (Å²) in [5.74, 6) is 1.28.